The van der Waals surface area contributed by atoms with Crippen molar-refractivity contribution in [2.45, 2.75) is 12.5 Å². The predicted molar refractivity (Wildman–Crippen MR) is 102 cm³/mol. The van der Waals surface area contributed by atoms with E-state index < -0.39 is 27.7 Å². The Morgan fingerprint density at radius 1 is 1.04 bits per heavy atom. The highest BCUT2D eigenvalue weighted by Crippen LogP contribution is 2.11. The van der Waals surface area contributed by atoms with Gasteiger partial charge in [0, 0.05) is 22.5 Å². The van der Waals surface area contributed by atoms with E-state index >= 15 is 0 Å². The first kappa shape index (κ1) is 19.9. The fourth-order valence-electron chi connectivity index (χ4n) is 2.19. The van der Waals surface area contributed by atoms with E-state index in [0.29, 0.717) is 16.3 Å². The van der Waals surface area contributed by atoms with Crippen LogP contribution < -0.4 is 10.6 Å². The molecule has 1 atom stereocenters. The first-order valence-electron chi connectivity index (χ1n) is 7.85. The fraction of sp³-hybridized carbons (Fsp3) is 0.222. The molecule has 0 saturated heterocycles. The zero-order valence-electron chi connectivity index (χ0n) is 14.1. The molecule has 0 heterocycles. The lowest BCUT2D eigenvalue weighted by Crippen LogP contribution is -2.44. The summed E-state index contributed by atoms with van der Waals surface area (Å²) in [6.07, 6.45) is 1.05. The number of anilines is 1. The minimum absolute atomic E-state index is 0.0309. The molecule has 0 bridgehead atoms. The Kier molecular flexibility index (Phi) is 6.76. The Balaban J connectivity index is 2.12. The highest BCUT2D eigenvalue weighted by Gasteiger charge is 2.23. The maximum absolute atomic E-state index is 12.5. The van der Waals surface area contributed by atoms with Crippen LogP contribution in [0.25, 0.3) is 0 Å². The van der Waals surface area contributed by atoms with Gasteiger partial charge in [-0.15, -0.1) is 0 Å². The molecule has 0 saturated carbocycles. The molecule has 0 aromatic heterocycles. The molecule has 6 nitrogen and oxygen atoms in total. The number of para-hydroxylation sites is 1. The SMILES string of the molecule is CS(=O)(=O)CC[C@@H](NC(=O)c1ccc(Cl)cc1)C(=O)Nc1ccccc1. The number of benzene rings is 2. The van der Waals surface area contributed by atoms with Crippen molar-refractivity contribution in [1.29, 1.82) is 0 Å². The minimum Gasteiger partial charge on any atom is -0.340 e. The van der Waals surface area contributed by atoms with Crippen molar-refractivity contribution in [3.8, 4) is 0 Å². The standard InChI is InChI=1S/C18H19ClN2O4S/c1-26(24,25)12-11-16(18(23)20-15-5-3-2-4-6-15)21-17(22)13-7-9-14(19)10-8-13/h2-10,16H,11-12H2,1H3,(H,20,23)(H,21,22)/t16-/m1/s1. The molecular weight excluding hydrogens is 376 g/mol. The molecule has 0 aliphatic carbocycles. The maximum atomic E-state index is 12.5. The van der Waals surface area contributed by atoms with E-state index in [2.05, 4.69) is 10.6 Å². The van der Waals surface area contributed by atoms with Crippen LogP contribution in [0, 0.1) is 0 Å². The molecule has 2 aromatic carbocycles. The second-order valence-corrected chi connectivity index (χ2v) is 8.50. The summed E-state index contributed by atoms with van der Waals surface area (Å²) < 4.78 is 22.9. The number of nitrogens with one attached hydrogen (secondary N) is 2. The van der Waals surface area contributed by atoms with Crippen LogP contribution in [-0.4, -0.2) is 38.3 Å². The average molecular weight is 395 g/mol. The van der Waals surface area contributed by atoms with Crippen LogP contribution in [0.2, 0.25) is 5.02 Å². The summed E-state index contributed by atoms with van der Waals surface area (Å²) in [5.74, 6) is -1.19. The molecule has 26 heavy (non-hydrogen) atoms. The van der Waals surface area contributed by atoms with E-state index in [-0.39, 0.29) is 12.2 Å². The van der Waals surface area contributed by atoms with Gasteiger partial charge in [-0.1, -0.05) is 29.8 Å². The van der Waals surface area contributed by atoms with E-state index in [1.54, 1.807) is 42.5 Å². The molecule has 0 radical (unpaired) electrons. The topological polar surface area (TPSA) is 92.3 Å². The molecule has 0 aliphatic heterocycles. The van der Waals surface area contributed by atoms with Gasteiger partial charge in [0.15, 0.2) is 0 Å². The van der Waals surface area contributed by atoms with Crippen LogP contribution in [0.15, 0.2) is 54.6 Å². The van der Waals surface area contributed by atoms with E-state index in [9.17, 15) is 18.0 Å². The van der Waals surface area contributed by atoms with E-state index in [1.807, 2.05) is 0 Å². The zero-order valence-corrected chi connectivity index (χ0v) is 15.7. The van der Waals surface area contributed by atoms with Crippen LogP contribution in [0.1, 0.15) is 16.8 Å². The number of rotatable bonds is 7. The molecule has 8 heteroatoms. The maximum Gasteiger partial charge on any atom is 0.251 e. The molecule has 2 N–H and O–H groups in total. The number of carbonyl (C=O) groups is 2. The van der Waals surface area contributed by atoms with Gasteiger partial charge in [-0.3, -0.25) is 9.59 Å². The van der Waals surface area contributed by atoms with Gasteiger partial charge in [-0.05, 0) is 42.8 Å². The van der Waals surface area contributed by atoms with Crippen molar-refractivity contribution in [1.82, 2.24) is 5.32 Å². The van der Waals surface area contributed by atoms with Gasteiger partial charge in [0.25, 0.3) is 5.91 Å². The van der Waals surface area contributed by atoms with Gasteiger partial charge in [0.1, 0.15) is 15.9 Å². The normalized spacial score (nSPS) is 12.2. The van der Waals surface area contributed by atoms with E-state index in [4.69, 9.17) is 11.6 Å². The number of hydrogen-bond acceptors (Lipinski definition) is 4. The highest BCUT2D eigenvalue weighted by atomic mass is 35.5. The Bertz CT molecular complexity index is 868. The quantitative estimate of drug-likeness (QED) is 0.754. The molecule has 138 valence electrons. The summed E-state index contributed by atoms with van der Waals surface area (Å²) in [5, 5.41) is 5.74. The molecule has 2 aromatic rings. The van der Waals surface area contributed by atoms with Gasteiger partial charge in [-0.2, -0.15) is 0 Å². The third-order valence-corrected chi connectivity index (χ3v) is 4.78. The zero-order chi connectivity index (χ0) is 19.2. The number of sulfone groups is 1. The van der Waals surface area contributed by atoms with Crippen LogP contribution in [-0.2, 0) is 14.6 Å². The third kappa shape index (κ3) is 6.50. The van der Waals surface area contributed by atoms with Crippen LogP contribution in [0.3, 0.4) is 0 Å². The van der Waals surface area contributed by atoms with Crippen LogP contribution >= 0.6 is 11.6 Å². The summed E-state index contributed by atoms with van der Waals surface area (Å²) in [5.41, 5.74) is 0.883. The van der Waals surface area contributed by atoms with Gasteiger partial charge in [0.2, 0.25) is 5.91 Å². The Morgan fingerprint density at radius 3 is 2.23 bits per heavy atom. The van der Waals surface area contributed by atoms with Gasteiger partial charge in [-0.25, -0.2) is 8.42 Å². The summed E-state index contributed by atoms with van der Waals surface area (Å²) in [4.78, 5) is 24.9. The van der Waals surface area contributed by atoms with Gasteiger partial charge in [0.05, 0.1) is 5.75 Å². The molecule has 0 spiro atoms. The lowest BCUT2D eigenvalue weighted by atomic mass is 10.1. The second-order valence-electron chi connectivity index (χ2n) is 5.81. The number of hydrogen-bond donors (Lipinski definition) is 2. The minimum atomic E-state index is -3.28. The summed E-state index contributed by atoms with van der Waals surface area (Å²) in [6.45, 7) is 0. The third-order valence-electron chi connectivity index (χ3n) is 3.55. The van der Waals surface area contributed by atoms with Crippen molar-refractivity contribution < 1.29 is 18.0 Å². The highest BCUT2D eigenvalue weighted by molar-refractivity contribution is 7.90. The smallest absolute Gasteiger partial charge is 0.251 e. The monoisotopic (exact) mass is 394 g/mol. The number of carbonyl (C=O) groups excluding carboxylic acids is 2. The van der Waals surface area contributed by atoms with Gasteiger partial charge >= 0.3 is 0 Å². The Labute approximate surface area is 157 Å². The van der Waals surface area contributed by atoms with E-state index in [1.165, 1.54) is 12.1 Å². The lowest BCUT2D eigenvalue weighted by molar-refractivity contribution is -0.118. The predicted octanol–water partition coefficient (Wildman–Crippen LogP) is 2.51. The first-order chi connectivity index (χ1) is 12.2. The van der Waals surface area contributed by atoms with Crippen LogP contribution in [0.5, 0.6) is 0 Å². The summed E-state index contributed by atoms with van der Waals surface area (Å²) >= 11 is 5.80. The van der Waals surface area contributed by atoms with Crippen molar-refractivity contribution in [3.05, 3.63) is 65.2 Å². The Morgan fingerprint density at radius 2 is 1.65 bits per heavy atom. The Hall–Kier alpha value is -2.38. The largest absolute Gasteiger partial charge is 0.340 e. The lowest BCUT2D eigenvalue weighted by Gasteiger charge is -2.18. The first-order valence-corrected chi connectivity index (χ1v) is 10.3. The molecule has 0 unspecified atom stereocenters. The molecule has 2 rings (SSSR count). The van der Waals surface area contributed by atoms with Crippen molar-refractivity contribution in [2.75, 3.05) is 17.3 Å². The second kappa shape index (κ2) is 8.82. The van der Waals surface area contributed by atoms with Gasteiger partial charge < -0.3 is 10.6 Å². The van der Waals surface area contributed by atoms with Crippen LogP contribution in [0.4, 0.5) is 5.69 Å². The average Bonchev–Trinajstić information content (AvgIpc) is 2.59. The summed E-state index contributed by atoms with van der Waals surface area (Å²) in [7, 11) is -3.28. The summed E-state index contributed by atoms with van der Waals surface area (Å²) in [6, 6.07) is 13.9. The molecule has 0 fully saturated rings. The molecule has 0 aliphatic rings. The molecule has 2 amide bonds. The van der Waals surface area contributed by atoms with Crippen molar-refractivity contribution in [3.63, 3.8) is 0 Å². The van der Waals surface area contributed by atoms with Crippen molar-refractivity contribution in [2.24, 2.45) is 0 Å². The van der Waals surface area contributed by atoms with E-state index in [0.717, 1.165) is 6.26 Å². The van der Waals surface area contributed by atoms with Crippen molar-refractivity contribution >= 4 is 38.9 Å². The molecular formula is C18H19ClN2O4S. The number of halogens is 1. The number of amides is 2. The fourth-order valence-corrected chi connectivity index (χ4v) is 2.98.